The fourth-order valence-corrected chi connectivity index (χ4v) is 1.09. The maximum absolute atomic E-state index is 11.0. The number of rotatable bonds is 1. The van der Waals surface area contributed by atoms with Gasteiger partial charge in [0.05, 0.1) is 13.2 Å². The Morgan fingerprint density at radius 3 is 2.73 bits per heavy atom. The van der Waals surface area contributed by atoms with Crippen molar-refractivity contribution >= 4 is 5.91 Å². The van der Waals surface area contributed by atoms with Crippen molar-refractivity contribution in [1.82, 2.24) is 4.90 Å². The number of morpholine rings is 1. The Balaban J connectivity index is 2.72. The first kappa shape index (κ1) is 8.49. The molecule has 1 fully saturated rings. The molecule has 0 bridgehead atoms. The van der Waals surface area contributed by atoms with E-state index in [0.29, 0.717) is 13.2 Å². The van der Waals surface area contributed by atoms with Gasteiger partial charge in [-0.15, -0.1) is 0 Å². The summed E-state index contributed by atoms with van der Waals surface area (Å²) in [6.07, 6.45) is 0. The Morgan fingerprint density at radius 1 is 1.73 bits per heavy atom. The predicted molar refractivity (Wildman–Crippen MR) is 41.0 cm³/mol. The quantitative estimate of drug-likeness (QED) is 0.543. The Kier molecular flexibility index (Phi) is 2.15. The summed E-state index contributed by atoms with van der Waals surface area (Å²) < 4.78 is 5.17. The minimum Gasteiger partial charge on any atom is -0.378 e. The molecule has 1 saturated heterocycles. The number of nitrogens with two attached hydrogens (primary N) is 1. The molecule has 0 radical (unpaired) electrons. The van der Waals surface area contributed by atoms with Gasteiger partial charge in [-0.05, 0) is 14.0 Å². The van der Waals surface area contributed by atoms with Crippen molar-refractivity contribution < 1.29 is 9.53 Å². The van der Waals surface area contributed by atoms with Gasteiger partial charge in [-0.3, -0.25) is 9.69 Å². The SMILES string of the molecule is CN1CCOCC1(C)C(N)=O. The van der Waals surface area contributed by atoms with Crippen LogP contribution in [0.5, 0.6) is 0 Å². The Morgan fingerprint density at radius 2 is 2.36 bits per heavy atom. The van der Waals surface area contributed by atoms with Gasteiger partial charge in [0.2, 0.25) is 5.91 Å². The number of amides is 1. The summed E-state index contributed by atoms with van der Waals surface area (Å²) in [6.45, 7) is 3.64. The van der Waals surface area contributed by atoms with Crippen molar-refractivity contribution in [3.8, 4) is 0 Å². The normalized spacial score (nSPS) is 33.6. The molecule has 1 rings (SSSR count). The number of primary amides is 1. The second-order valence-corrected chi connectivity index (χ2v) is 3.11. The van der Waals surface area contributed by atoms with Gasteiger partial charge in [0.1, 0.15) is 5.54 Å². The second-order valence-electron chi connectivity index (χ2n) is 3.11. The summed E-state index contributed by atoms with van der Waals surface area (Å²) in [4.78, 5) is 12.9. The van der Waals surface area contributed by atoms with Gasteiger partial charge in [-0.1, -0.05) is 0 Å². The molecule has 64 valence electrons. The van der Waals surface area contributed by atoms with Crippen LogP contribution in [0.3, 0.4) is 0 Å². The molecule has 0 aliphatic carbocycles. The van der Waals surface area contributed by atoms with Crippen LogP contribution in [0.15, 0.2) is 0 Å². The van der Waals surface area contributed by atoms with Crippen LogP contribution in [0, 0.1) is 0 Å². The van der Waals surface area contributed by atoms with Gasteiger partial charge in [0, 0.05) is 6.54 Å². The maximum atomic E-state index is 11.0. The van der Waals surface area contributed by atoms with Crippen molar-refractivity contribution in [3.63, 3.8) is 0 Å². The van der Waals surface area contributed by atoms with Gasteiger partial charge in [-0.2, -0.15) is 0 Å². The zero-order chi connectivity index (χ0) is 8.48. The number of ether oxygens (including phenoxy) is 1. The molecule has 4 heteroatoms. The largest absolute Gasteiger partial charge is 0.378 e. The molecule has 2 N–H and O–H groups in total. The fourth-order valence-electron chi connectivity index (χ4n) is 1.09. The molecule has 1 unspecified atom stereocenters. The summed E-state index contributed by atoms with van der Waals surface area (Å²) in [5.74, 6) is -0.320. The van der Waals surface area contributed by atoms with Crippen LogP contribution in [0.4, 0.5) is 0 Å². The Hall–Kier alpha value is -0.610. The number of likely N-dealkylation sites (N-methyl/N-ethyl adjacent to an activating group) is 1. The average Bonchev–Trinajstić information content (AvgIpc) is 1.95. The third-order valence-corrected chi connectivity index (χ3v) is 2.33. The summed E-state index contributed by atoms with van der Waals surface area (Å²) >= 11 is 0. The van der Waals surface area contributed by atoms with Gasteiger partial charge >= 0.3 is 0 Å². The molecule has 4 nitrogen and oxygen atoms in total. The summed E-state index contributed by atoms with van der Waals surface area (Å²) in [6, 6.07) is 0. The van der Waals surface area contributed by atoms with Crippen molar-refractivity contribution in [2.75, 3.05) is 26.8 Å². The lowest BCUT2D eigenvalue weighted by Crippen LogP contribution is -2.60. The number of carbonyl (C=O) groups is 1. The van der Waals surface area contributed by atoms with E-state index < -0.39 is 5.54 Å². The molecule has 1 atom stereocenters. The highest BCUT2D eigenvalue weighted by Gasteiger charge is 2.38. The van der Waals surface area contributed by atoms with Crippen molar-refractivity contribution in [2.45, 2.75) is 12.5 Å². The topological polar surface area (TPSA) is 55.6 Å². The number of nitrogens with zero attached hydrogens (tertiary/aromatic N) is 1. The van der Waals surface area contributed by atoms with E-state index in [4.69, 9.17) is 10.5 Å². The number of hydrogen-bond donors (Lipinski definition) is 1. The Labute approximate surface area is 66.3 Å². The third-order valence-electron chi connectivity index (χ3n) is 2.33. The molecule has 0 aromatic rings. The molecule has 0 aromatic heterocycles. The smallest absolute Gasteiger partial charge is 0.240 e. The molecule has 0 saturated carbocycles. The lowest BCUT2D eigenvalue weighted by Gasteiger charge is -2.39. The Bertz CT molecular complexity index is 172. The molecule has 11 heavy (non-hydrogen) atoms. The van der Waals surface area contributed by atoms with Crippen molar-refractivity contribution in [3.05, 3.63) is 0 Å². The highest BCUT2D eigenvalue weighted by atomic mass is 16.5. The number of carbonyl (C=O) groups excluding carboxylic acids is 1. The first-order valence-electron chi connectivity index (χ1n) is 3.66. The van der Waals surface area contributed by atoms with Crippen LogP contribution in [0.1, 0.15) is 6.92 Å². The van der Waals surface area contributed by atoms with Crippen LogP contribution in [-0.4, -0.2) is 43.2 Å². The molecular weight excluding hydrogens is 144 g/mol. The molecule has 0 aromatic carbocycles. The van der Waals surface area contributed by atoms with E-state index in [1.54, 1.807) is 6.92 Å². The van der Waals surface area contributed by atoms with Gasteiger partial charge in [0.15, 0.2) is 0 Å². The van der Waals surface area contributed by atoms with Crippen molar-refractivity contribution in [2.24, 2.45) is 5.73 Å². The number of hydrogen-bond acceptors (Lipinski definition) is 3. The highest BCUT2D eigenvalue weighted by Crippen LogP contribution is 2.16. The van der Waals surface area contributed by atoms with Gasteiger partial charge < -0.3 is 10.5 Å². The van der Waals surface area contributed by atoms with E-state index in [9.17, 15) is 4.79 Å². The lowest BCUT2D eigenvalue weighted by atomic mass is 10.00. The summed E-state index contributed by atoms with van der Waals surface area (Å²) in [7, 11) is 1.88. The van der Waals surface area contributed by atoms with E-state index in [0.717, 1.165) is 6.54 Å². The first-order valence-corrected chi connectivity index (χ1v) is 3.66. The van der Waals surface area contributed by atoms with E-state index in [2.05, 4.69) is 0 Å². The van der Waals surface area contributed by atoms with E-state index in [-0.39, 0.29) is 5.91 Å². The van der Waals surface area contributed by atoms with Crippen LogP contribution in [-0.2, 0) is 9.53 Å². The van der Waals surface area contributed by atoms with E-state index in [1.165, 1.54) is 0 Å². The van der Waals surface area contributed by atoms with Crippen LogP contribution in [0.25, 0.3) is 0 Å². The van der Waals surface area contributed by atoms with E-state index >= 15 is 0 Å². The minimum absolute atomic E-state index is 0.320. The molecule has 1 aliphatic heterocycles. The van der Waals surface area contributed by atoms with Crippen molar-refractivity contribution in [1.29, 1.82) is 0 Å². The first-order chi connectivity index (χ1) is 5.07. The van der Waals surface area contributed by atoms with Crippen LogP contribution in [0.2, 0.25) is 0 Å². The zero-order valence-electron chi connectivity index (χ0n) is 6.96. The fraction of sp³-hybridized carbons (Fsp3) is 0.857. The van der Waals surface area contributed by atoms with E-state index in [1.807, 2.05) is 11.9 Å². The highest BCUT2D eigenvalue weighted by molar-refractivity contribution is 5.84. The van der Waals surface area contributed by atoms with Crippen LogP contribution < -0.4 is 5.73 Å². The lowest BCUT2D eigenvalue weighted by molar-refractivity contribution is -0.138. The summed E-state index contributed by atoms with van der Waals surface area (Å²) in [5.41, 5.74) is 4.62. The zero-order valence-corrected chi connectivity index (χ0v) is 6.96. The maximum Gasteiger partial charge on any atom is 0.240 e. The van der Waals surface area contributed by atoms with Gasteiger partial charge in [-0.25, -0.2) is 0 Å². The minimum atomic E-state index is -0.613. The standard InChI is InChI=1S/C7H14N2O2/c1-7(6(8)10)5-11-4-3-9(7)2/h3-5H2,1-2H3,(H2,8,10). The molecule has 1 amide bonds. The molecule has 1 heterocycles. The third kappa shape index (κ3) is 1.36. The predicted octanol–water partition coefficient (Wildman–Crippen LogP) is -0.808. The molecule has 0 spiro atoms. The summed E-state index contributed by atoms with van der Waals surface area (Å²) in [5, 5.41) is 0. The second kappa shape index (κ2) is 2.79. The van der Waals surface area contributed by atoms with Gasteiger partial charge in [0.25, 0.3) is 0 Å². The monoisotopic (exact) mass is 158 g/mol. The molecule has 1 aliphatic rings. The molecular formula is C7H14N2O2. The van der Waals surface area contributed by atoms with Crippen LogP contribution >= 0.6 is 0 Å². The average molecular weight is 158 g/mol.